The van der Waals surface area contributed by atoms with Gasteiger partial charge in [-0.15, -0.1) is 0 Å². The number of benzene rings is 1. The van der Waals surface area contributed by atoms with E-state index >= 15 is 0 Å². The van der Waals surface area contributed by atoms with Crippen LogP contribution < -0.4 is 16.6 Å². The molecular weight excluding hydrogens is 322 g/mol. The Morgan fingerprint density at radius 2 is 1.88 bits per heavy atom. The molecule has 4 rings (SSSR count). The molecule has 2 aromatic heterocycles. The molecule has 1 aliphatic heterocycles. The van der Waals surface area contributed by atoms with Crippen molar-refractivity contribution in [2.24, 2.45) is 14.1 Å². The maximum atomic E-state index is 12.7. The summed E-state index contributed by atoms with van der Waals surface area (Å²) in [5, 5.41) is 2.92. The predicted molar refractivity (Wildman–Crippen MR) is 92.6 cm³/mol. The number of hydrogen-bond donors (Lipinski definition) is 1. The molecule has 8 heteroatoms. The first-order chi connectivity index (χ1) is 12.0. The Labute approximate surface area is 142 Å². The Bertz CT molecular complexity index is 1120. The van der Waals surface area contributed by atoms with Crippen molar-refractivity contribution in [2.45, 2.75) is 18.9 Å². The lowest BCUT2D eigenvalue weighted by Crippen LogP contribution is -2.38. The van der Waals surface area contributed by atoms with Crippen LogP contribution >= 0.6 is 0 Å². The average Bonchev–Trinajstić information content (AvgIpc) is 2.97. The quantitative estimate of drug-likeness (QED) is 0.701. The van der Waals surface area contributed by atoms with Crippen LogP contribution in [0.5, 0.6) is 0 Å². The fraction of sp³-hybridized carbons (Fsp3) is 0.294. The van der Waals surface area contributed by atoms with Gasteiger partial charge in [0.2, 0.25) is 5.91 Å². The summed E-state index contributed by atoms with van der Waals surface area (Å²) in [6.45, 7) is 0. The zero-order valence-electron chi connectivity index (χ0n) is 13.9. The Morgan fingerprint density at radius 1 is 1.12 bits per heavy atom. The molecule has 0 fully saturated rings. The van der Waals surface area contributed by atoms with Gasteiger partial charge in [0.05, 0.1) is 6.33 Å². The fourth-order valence-corrected chi connectivity index (χ4v) is 3.37. The Morgan fingerprint density at radius 3 is 2.68 bits per heavy atom. The minimum Gasteiger partial charge on any atom is -0.324 e. The number of carbonyl (C=O) groups excluding carboxylic acids is 1. The van der Waals surface area contributed by atoms with E-state index in [0.29, 0.717) is 12.8 Å². The number of anilines is 1. The van der Waals surface area contributed by atoms with Crippen molar-refractivity contribution in [2.75, 3.05) is 5.32 Å². The second-order valence-corrected chi connectivity index (χ2v) is 6.23. The van der Waals surface area contributed by atoms with Crippen LogP contribution in [0.1, 0.15) is 18.0 Å². The van der Waals surface area contributed by atoms with Gasteiger partial charge >= 0.3 is 5.69 Å². The average molecular weight is 339 g/mol. The number of rotatable bonds is 1. The number of aryl methyl sites for hydroxylation is 2. The molecule has 25 heavy (non-hydrogen) atoms. The highest BCUT2D eigenvalue weighted by molar-refractivity contribution is 5.96. The predicted octanol–water partition coefficient (Wildman–Crippen LogP) is 0.560. The smallest absolute Gasteiger partial charge is 0.324 e. The van der Waals surface area contributed by atoms with Crippen LogP contribution in [0.4, 0.5) is 5.69 Å². The summed E-state index contributed by atoms with van der Waals surface area (Å²) in [5.74, 6) is -0.194. The molecule has 128 valence electrons. The molecule has 0 bridgehead atoms. The van der Waals surface area contributed by atoms with E-state index in [1.54, 1.807) is 11.6 Å². The molecule has 0 saturated carbocycles. The molecule has 1 aliphatic rings. The standard InChI is InChI=1S/C17H17N5O3/c1-20-14-13(16(24)21(2)17(20)25)22(9-18-14)12-8-7-10-5-3-4-6-11(10)19-15(12)23/h3-6,9,12H,7-8H2,1-2H3,(H,19,23). The topological polar surface area (TPSA) is 90.9 Å². The molecule has 1 aromatic carbocycles. The van der Waals surface area contributed by atoms with Gasteiger partial charge in [-0.05, 0) is 24.5 Å². The van der Waals surface area contributed by atoms with E-state index in [1.807, 2.05) is 24.3 Å². The van der Waals surface area contributed by atoms with Crippen molar-refractivity contribution < 1.29 is 4.79 Å². The van der Waals surface area contributed by atoms with Gasteiger partial charge in [-0.1, -0.05) is 18.2 Å². The third kappa shape index (κ3) is 2.21. The lowest BCUT2D eigenvalue weighted by Gasteiger charge is -2.16. The van der Waals surface area contributed by atoms with E-state index < -0.39 is 17.3 Å². The number of amides is 1. The van der Waals surface area contributed by atoms with Crippen molar-refractivity contribution in [1.29, 1.82) is 0 Å². The second kappa shape index (κ2) is 5.44. The molecular formula is C17H17N5O3. The molecule has 3 heterocycles. The van der Waals surface area contributed by atoms with Gasteiger partial charge in [0.15, 0.2) is 11.2 Å². The minimum absolute atomic E-state index is 0.194. The van der Waals surface area contributed by atoms with Gasteiger partial charge < -0.3 is 9.88 Å². The first-order valence-electron chi connectivity index (χ1n) is 8.00. The minimum atomic E-state index is -0.567. The van der Waals surface area contributed by atoms with Gasteiger partial charge in [-0.2, -0.15) is 0 Å². The van der Waals surface area contributed by atoms with Gasteiger partial charge in [0.25, 0.3) is 5.56 Å². The fourth-order valence-electron chi connectivity index (χ4n) is 3.37. The van der Waals surface area contributed by atoms with Gasteiger partial charge in [0.1, 0.15) is 6.04 Å². The van der Waals surface area contributed by atoms with Gasteiger partial charge in [-0.3, -0.25) is 18.7 Å². The van der Waals surface area contributed by atoms with Gasteiger partial charge in [-0.25, -0.2) is 9.78 Å². The third-order valence-electron chi connectivity index (χ3n) is 4.77. The zero-order valence-corrected chi connectivity index (χ0v) is 13.9. The largest absolute Gasteiger partial charge is 0.332 e. The molecule has 0 radical (unpaired) electrons. The Balaban J connectivity index is 1.88. The van der Waals surface area contributed by atoms with E-state index in [0.717, 1.165) is 15.8 Å². The summed E-state index contributed by atoms with van der Waals surface area (Å²) < 4.78 is 3.93. The number of carbonyl (C=O) groups is 1. The van der Waals surface area contributed by atoms with E-state index in [1.165, 1.54) is 17.9 Å². The molecule has 0 aliphatic carbocycles. The first-order valence-corrected chi connectivity index (χ1v) is 8.00. The summed E-state index contributed by atoms with van der Waals surface area (Å²) >= 11 is 0. The van der Waals surface area contributed by atoms with Crippen LogP contribution in [-0.2, 0) is 25.3 Å². The highest BCUT2D eigenvalue weighted by Gasteiger charge is 2.28. The molecule has 0 spiro atoms. The summed E-state index contributed by atoms with van der Waals surface area (Å²) in [6.07, 6.45) is 2.71. The van der Waals surface area contributed by atoms with Crippen LogP contribution in [0.15, 0.2) is 40.2 Å². The summed E-state index contributed by atoms with van der Waals surface area (Å²) in [5.41, 5.74) is 1.49. The molecule has 1 N–H and O–H groups in total. The molecule has 1 unspecified atom stereocenters. The number of hydrogen-bond acceptors (Lipinski definition) is 4. The van der Waals surface area contributed by atoms with Crippen molar-refractivity contribution in [1.82, 2.24) is 18.7 Å². The van der Waals surface area contributed by atoms with Crippen LogP contribution in [-0.4, -0.2) is 24.6 Å². The third-order valence-corrected chi connectivity index (χ3v) is 4.77. The van der Waals surface area contributed by atoms with Crippen molar-refractivity contribution in [3.05, 3.63) is 57.0 Å². The number of fused-ring (bicyclic) bond motifs is 2. The van der Waals surface area contributed by atoms with E-state index in [2.05, 4.69) is 10.3 Å². The number of imidazole rings is 1. The number of nitrogens with one attached hydrogen (secondary N) is 1. The van der Waals surface area contributed by atoms with Crippen molar-refractivity contribution in [3.8, 4) is 0 Å². The molecule has 0 saturated heterocycles. The van der Waals surface area contributed by atoms with E-state index in [4.69, 9.17) is 0 Å². The normalized spacial score (nSPS) is 17.2. The van der Waals surface area contributed by atoms with Crippen molar-refractivity contribution >= 4 is 22.8 Å². The monoisotopic (exact) mass is 339 g/mol. The first kappa shape index (κ1) is 15.4. The van der Waals surface area contributed by atoms with Crippen LogP contribution in [0.25, 0.3) is 11.2 Å². The SMILES string of the molecule is Cn1c(=O)c2c(ncn2C2CCc3ccccc3NC2=O)n(C)c1=O. The summed E-state index contributed by atoms with van der Waals surface area (Å²) in [6, 6.07) is 7.08. The maximum Gasteiger partial charge on any atom is 0.332 e. The number of aromatic nitrogens is 4. The second-order valence-electron chi connectivity index (χ2n) is 6.23. The van der Waals surface area contributed by atoms with E-state index in [-0.39, 0.29) is 17.1 Å². The lowest BCUT2D eigenvalue weighted by atomic mass is 10.1. The molecule has 1 atom stereocenters. The van der Waals surface area contributed by atoms with E-state index in [9.17, 15) is 14.4 Å². The van der Waals surface area contributed by atoms with Crippen LogP contribution in [0.3, 0.4) is 0 Å². The molecule has 3 aromatic rings. The number of para-hydroxylation sites is 1. The highest BCUT2D eigenvalue weighted by atomic mass is 16.2. The number of nitrogens with zero attached hydrogens (tertiary/aromatic N) is 4. The maximum absolute atomic E-state index is 12.7. The van der Waals surface area contributed by atoms with Crippen LogP contribution in [0, 0.1) is 0 Å². The van der Waals surface area contributed by atoms with Gasteiger partial charge in [0, 0.05) is 19.8 Å². The van der Waals surface area contributed by atoms with Crippen LogP contribution in [0.2, 0.25) is 0 Å². The zero-order chi connectivity index (χ0) is 17.7. The Kier molecular flexibility index (Phi) is 3.34. The Hall–Kier alpha value is -3.16. The van der Waals surface area contributed by atoms with Crippen molar-refractivity contribution in [3.63, 3.8) is 0 Å². The summed E-state index contributed by atoms with van der Waals surface area (Å²) in [7, 11) is 2.98. The highest BCUT2D eigenvalue weighted by Crippen LogP contribution is 2.28. The lowest BCUT2D eigenvalue weighted by molar-refractivity contribution is -0.119. The summed E-state index contributed by atoms with van der Waals surface area (Å²) in [4.78, 5) is 41.6. The molecule has 8 nitrogen and oxygen atoms in total. The molecule has 1 amide bonds.